The first-order valence-electron chi connectivity index (χ1n) is 5.46. The molecule has 0 saturated heterocycles. The molecular weight excluding hydrogens is 349 g/mol. The molecule has 20 heavy (non-hydrogen) atoms. The zero-order chi connectivity index (χ0) is 14.7. The molecule has 0 fully saturated rings. The number of hydrogen-bond acceptors (Lipinski definition) is 4. The Labute approximate surface area is 126 Å². The average Bonchev–Trinajstić information content (AvgIpc) is 2.87. The van der Waals surface area contributed by atoms with Crippen molar-refractivity contribution in [1.29, 1.82) is 0 Å². The molecule has 1 aromatic heterocycles. The minimum atomic E-state index is -0.623. The fraction of sp³-hybridized carbons (Fsp3) is 0.0769. The lowest BCUT2D eigenvalue weighted by Crippen LogP contribution is -2.12. The third-order valence-electron chi connectivity index (χ3n) is 2.43. The normalized spacial score (nSPS) is 10.2. The largest absolute Gasteiger partial charge is 0.465 e. The third-order valence-corrected chi connectivity index (χ3v) is 4.06. The van der Waals surface area contributed by atoms with Gasteiger partial charge in [0.25, 0.3) is 5.91 Å². The Morgan fingerprint density at radius 2 is 2.05 bits per heavy atom. The van der Waals surface area contributed by atoms with Gasteiger partial charge < -0.3 is 10.1 Å². The number of carbonyl (C=O) groups is 2. The highest BCUT2D eigenvalue weighted by Gasteiger charge is 2.14. The average molecular weight is 358 g/mol. The first kappa shape index (κ1) is 14.7. The van der Waals surface area contributed by atoms with Gasteiger partial charge in [-0.15, -0.1) is 11.3 Å². The van der Waals surface area contributed by atoms with Crippen LogP contribution in [0.5, 0.6) is 0 Å². The molecule has 1 N–H and O–H groups in total. The molecule has 0 aliphatic carbocycles. The summed E-state index contributed by atoms with van der Waals surface area (Å²) in [5.74, 6) is -1.66. The minimum absolute atomic E-state index is 0.0672. The van der Waals surface area contributed by atoms with Crippen LogP contribution in [0.2, 0.25) is 0 Å². The van der Waals surface area contributed by atoms with Gasteiger partial charge in [-0.2, -0.15) is 0 Å². The maximum Gasteiger partial charge on any atom is 0.337 e. The molecule has 0 radical (unpaired) electrons. The first-order chi connectivity index (χ1) is 9.51. The number of halogens is 2. The second kappa shape index (κ2) is 6.15. The van der Waals surface area contributed by atoms with E-state index >= 15 is 0 Å². The van der Waals surface area contributed by atoms with Gasteiger partial charge in [0.1, 0.15) is 5.82 Å². The summed E-state index contributed by atoms with van der Waals surface area (Å²) in [6, 6.07) is 6.97. The van der Waals surface area contributed by atoms with Gasteiger partial charge in [0.05, 0.1) is 27.0 Å². The van der Waals surface area contributed by atoms with E-state index in [1.165, 1.54) is 30.6 Å². The van der Waals surface area contributed by atoms with Crippen molar-refractivity contribution in [3.05, 3.63) is 50.4 Å². The number of carbonyl (C=O) groups excluding carboxylic acids is 2. The fourth-order valence-electron chi connectivity index (χ4n) is 1.49. The molecule has 4 nitrogen and oxygen atoms in total. The highest BCUT2D eigenvalue weighted by atomic mass is 79.9. The molecule has 0 spiro atoms. The van der Waals surface area contributed by atoms with Crippen molar-refractivity contribution in [2.24, 2.45) is 0 Å². The van der Waals surface area contributed by atoms with Crippen LogP contribution in [-0.2, 0) is 4.74 Å². The Balaban J connectivity index is 2.24. The van der Waals surface area contributed by atoms with Gasteiger partial charge in [-0.1, -0.05) is 0 Å². The quantitative estimate of drug-likeness (QED) is 0.852. The molecule has 2 aromatic rings. The zero-order valence-electron chi connectivity index (χ0n) is 10.3. The van der Waals surface area contributed by atoms with Crippen LogP contribution in [0.15, 0.2) is 34.1 Å². The number of benzene rings is 1. The Hall–Kier alpha value is -1.73. The van der Waals surface area contributed by atoms with Crippen LogP contribution in [-0.4, -0.2) is 19.0 Å². The Morgan fingerprint density at radius 1 is 1.30 bits per heavy atom. The SMILES string of the molecule is COC(=O)c1ccc(F)c(NC(=O)c2ccc(Br)s2)c1. The topological polar surface area (TPSA) is 55.4 Å². The van der Waals surface area contributed by atoms with Gasteiger partial charge in [-0.3, -0.25) is 4.79 Å². The lowest BCUT2D eigenvalue weighted by atomic mass is 10.2. The van der Waals surface area contributed by atoms with Gasteiger partial charge >= 0.3 is 5.97 Å². The van der Waals surface area contributed by atoms with Crippen molar-refractivity contribution in [1.82, 2.24) is 0 Å². The second-order valence-electron chi connectivity index (χ2n) is 3.74. The summed E-state index contributed by atoms with van der Waals surface area (Å²) in [7, 11) is 1.23. The van der Waals surface area contributed by atoms with Crippen LogP contribution in [0.25, 0.3) is 0 Å². The van der Waals surface area contributed by atoms with Crippen molar-refractivity contribution in [2.45, 2.75) is 0 Å². The number of thiophene rings is 1. The summed E-state index contributed by atoms with van der Waals surface area (Å²) < 4.78 is 19.0. The molecule has 0 saturated carbocycles. The summed E-state index contributed by atoms with van der Waals surface area (Å²) in [5.41, 5.74) is 0.0963. The number of nitrogens with one attached hydrogen (secondary N) is 1. The van der Waals surface area contributed by atoms with E-state index in [9.17, 15) is 14.0 Å². The van der Waals surface area contributed by atoms with Crippen molar-refractivity contribution in [2.75, 3.05) is 12.4 Å². The predicted molar refractivity (Wildman–Crippen MR) is 77.7 cm³/mol. The number of anilines is 1. The van der Waals surface area contributed by atoms with E-state index in [0.29, 0.717) is 4.88 Å². The Bertz CT molecular complexity index is 671. The number of esters is 1. The molecule has 0 aliphatic rings. The van der Waals surface area contributed by atoms with Crippen molar-refractivity contribution in [3.63, 3.8) is 0 Å². The molecule has 1 amide bonds. The van der Waals surface area contributed by atoms with E-state index < -0.39 is 17.7 Å². The minimum Gasteiger partial charge on any atom is -0.465 e. The van der Waals surface area contributed by atoms with Crippen LogP contribution in [0.3, 0.4) is 0 Å². The van der Waals surface area contributed by atoms with E-state index in [1.54, 1.807) is 12.1 Å². The van der Waals surface area contributed by atoms with Gasteiger partial charge in [-0.05, 0) is 46.3 Å². The Morgan fingerprint density at radius 3 is 2.65 bits per heavy atom. The Kier molecular flexibility index (Phi) is 4.51. The summed E-state index contributed by atoms with van der Waals surface area (Å²) in [6.07, 6.45) is 0. The van der Waals surface area contributed by atoms with Crippen LogP contribution in [0, 0.1) is 5.82 Å². The number of methoxy groups -OCH3 is 1. The highest BCUT2D eigenvalue weighted by Crippen LogP contribution is 2.24. The van der Waals surface area contributed by atoms with Crippen molar-refractivity contribution >= 4 is 44.8 Å². The summed E-state index contributed by atoms with van der Waals surface area (Å²) in [4.78, 5) is 23.7. The second-order valence-corrected chi connectivity index (χ2v) is 6.21. The maximum absolute atomic E-state index is 13.6. The number of ether oxygens (including phenoxy) is 1. The van der Waals surface area contributed by atoms with E-state index in [0.717, 1.165) is 9.85 Å². The monoisotopic (exact) mass is 357 g/mol. The van der Waals surface area contributed by atoms with Gasteiger partial charge in [0.15, 0.2) is 0 Å². The molecule has 0 aliphatic heterocycles. The maximum atomic E-state index is 13.6. The van der Waals surface area contributed by atoms with Crippen LogP contribution in [0.4, 0.5) is 10.1 Å². The van der Waals surface area contributed by atoms with E-state index in [4.69, 9.17) is 0 Å². The number of rotatable bonds is 3. The van der Waals surface area contributed by atoms with Crippen molar-refractivity contribution < 1.29 is 18.7 Å². The molecule has 1 aromatic carbocycles. The van der Waals surface area contributed by atoms with E-state index in [1.807, 2.05) is 0 Å². The summed E-state index contributed by atoms with van der Waals surface area (Å²) >= 11 is 4.47. The molecular formula is C13H9BrFNO3S. The van der Waals surface area contributed by atoms with Gasteiger partial charge in [-0.25, -0.2) is 9.18 Å². The van der Waals surface area contributed by atoms with Crippen LogP contribution >= 0.6 is 27.3 Å². The highest BCUT2D eigenvalue weighted by molar-refractivity contribution is 9.11. The molecule has 1 heterocycles. The predicted octanol–water partition coefficient (Wildman–Crippen LogP) is 3.69. The molecule has 2 rings (SSSR count). The number of hydrogen-bond donors (Lipinski definition) is 1. The van der Waals surface area contributed by atoms with Crippen LogP contribution < -0.4 is 5.32 Å². The lowest BCUT2D eigenvalue weighted by Gasteiger charge is -2.07. The summed E-state index contributed by atoms with van der Waals surface area (Å²) in [6.45, 7) is 0. The fourth-order valence-corrected chi connectivity index (χ4v) is 2.77. The van der Waals surface area contributed by atoms with Gasteiger partial charge in [0, 0.05) is 0 Å². The van der Waals surface area contributed by atoms with E-state index in [2.05, 4.69) is 26.0 Å². The lowest BCUT2D eigenvalue weighted by molar-refractivity contribution is 0.0600. The molecule has 0 atom stereocenters. The standard InChI is InChI=1S/C13H9BrFNO3S/c1-19-13(18)7-2-3-8(15)9(6-7)16-12(17)10-4-5-11(14)20-10/h2-6H,1H3,(H,16,17). The van der Waals surface area contributed by atoms with Crippen molar-refractivity contribution in [3.8, 4) is 0 Å². The van der Waals surface area contributed by atoms with Crippen LogP contribution in [0.1, 0.15) is 20.0 Å². The first-order valence-corrected chi connectivity index (χ1v) is 7.07. The summed E-state index contributed by atoms with van der Waals surface area (Å²) in [5, 5.41) is 2.43. The molecule has 7 heteroatoms. The molecule has 0 unspecified atom stereocenters. The number of amides is 1. The molecule has 0 bridgehead atoms. The smallest absolute Gasteiger partial charge is 0.337 e. The zero-order valence-corrected chi connectivity index (χ0v) is 12.7. The van der Waals surface area contributed by atoms with Gasteiger partial charge in [0.2, 0.25) is 0 Å². The third kappa shape index (κ3) is 3.23. The van der Waals surface area contributed by atoms with E-state index in [-0.39, 0.29) is 11.3 Å². The molecule has 104 valence electrons.